The highest BCUT2D eigenvalue weighted by molar-refractivity contribution is 8.00. The average molecular weight is 374 g/mol. The molecule has 0 saturated carbocycles. The van der Waals surface area contributed by atoms with Gasteiger partial charge in [-0.15, -0.1) is 11.8 Å². The van der Waals surface area contributed by atoms with Crippen molar-refractivity contribution in [3.05, 3.63) is 90.5 Å². The molecule has 5 heteroatoms. The van der Waals surface area contributed by atoms with Crippen molar-refractivity contribution in [3.8, 4) is 0 Å². The van der Waals surface area contributed by atoms with Crippen LogP contribution in [0.15, 0.2) is 89.8 Å². The molecule has 0 bridgehead atoms. The summed E-state index contributed by atoms with van der Waals surface area (Å²) < 4.78 is 0. The summed E-state index contributed by atoms with van der Waals surface area (Å²) in [5, 5.41) is 2.40. The second-order valence-corrected chi connectivity index (χ2v) is 7.39. The lowest BCUT2D eigenvalue weighted by molar-refractivity contribution is -0.121. The minimum Gasteiger partial charge on any atom is -0.323 e. The van der Waals surface area contributed by atoms with Crippen molar-refractivity contribution in [2.45, 2.75) is 10.1 Å². The maximum Gasteiger partial charge on any atom is 0.245 e. The van der Waals surface area contributed by atoms with Crippen LogP contribution in [0.2, 0.25) is 0 Å². The summed E-state index contributed by atoms with van der Waals surface area (Å²) in [5.74, 6) is -0.282. The Morgan fingerprint density at radius 3 is 2.26 bits per heavy atom. The number of amides is 2. The van der Waals surface area contributed by atoms with Crippen LogP contribution in [0.3, 0.4) is 0 Å². The number of anilines is 2. The van der Waals surface area contributed by atoms with Crippen molar-refractivity contribution in [1.82, 2.24) is 0 Å². The molecule has 3 aromatic carbocycles. The third-order valence-electron chi connectivity index (χ3n) is 4.36. The van der Waals surface area contributed by atoms with Crippen molar-refractivity contribution in [3.63, 3.8) is 0 Å². The van der Waals surface area contributed by atoms with Gasteiger partial charge in [0, 0.05) is 4.90 Å². The Bertz CT molecular complexity index is 960. The summed E-state index contributed by atoms with van der Waals surface area (Å²) >= 11 is 1.50. The topological polar surface area (TPSA) is 49.4 Å². The lowest BCUT2D eigenvalue weighted by Crippen LogP contribution is -2.43. The van der Waals surface area contributed by atoms with Gasteiger partial charge < -0.3 is 5.32 Å². The number of hydrogen-bond acceptors (Lipinski definition) is 3. The molecule has 1 heterocycles. The molecule has 3 aromatic rings. The monoisotopic (exact) mass is 374 g/mol. The Morgan fingerprint density at radius 2 is 1.52 bits per heavy atom. The third-order valence-corrected chi connectivity index (χ3v) is 5.61. The van der Waals surface area contributed by atoms with Crippen LogP contribution in [0.1, 0.15) is 10.8 Å². The van der Waals surface area contributed by atoms with Gasteiger partial charge >= 0.3 is 0 Å². The van der Waals surface area contributed by atoms with Gasteiger partial charge in [-0.2, -0.15) is 0 Å². The zero-order valence-corrected chi connectivity index (χ0v) is 15.4. The average Bonchev–Trinajstić information content (AvgIpc) is 2.72. The van der Waals surface area contributed by atoms with E-state index in [-0.39, 0.29) is 18.4 Å². The first-order valence-corrected chi connectivity index (χ1v) is 9.57. The van der Waals surface area contributed by atoms with E-state index < -0.39 is 5.25 Å². The molecule has 0 radical (unpaired) electrons. The van der Waals surface area contributed by atoms with E-state index in [0.717, 1.165) is 16.1 Å². The molecular weight excluding hydrogens is 356 g/mol. The van der Waals surface area contributed by atoms with E-state index in [9.17, 15) is 9.59 Å². The van der Waals surface area contributed by atoms with Gasteiger partial charge in [0.2, 0.25) is 11.8 Å². The van der Waals surface area contributed by atoms with Crippen LogP contribution in [-0.2, 0) is 9.59 Å². The molecule has 1 N–H and O–H groups in total. The second-order valence-electron chi connectivity index (χ2n) is 6.21. The zero-order chi connectivity index (χ0) is 18.6. The highest BCUT2D eigenvalue weighted by Gasteiger charge is 2.32. The Hall–Kier alpha value is -3.05. The standard InChI is InChI=1S/C22H18N2O2S/c25-20-15-24(19-14-8-7-13-18(19)23-20)22(26)21(16-9-3-1-4-10-16)27-17-11-5-2-6-12-17/h1-14,21H,15H2,(H,23,25)/t21-/m0/s1. The number of carbonyl (C=O) groups is 2. The molecule has 0 aliphatic carbocycles. The van der Waals surface area contributed by atoms with Gasteiger partial charge in [-0.3, -0.25) is 14.5 Å². The van der Waals surface area contributed by atoms with E-state index in [4.69, 9.17) is 0 Å². The SMILES string of the molecule is O=C1CN(C(=O)[C@@H](Sc2ccccc2)c2ccccc2)c2ccccc2N1. The highest BCUT2D eigenvalue weighted by Crippen LogP contribution is 2.39. The Kier molecular flexibility index (Phi) is 4.94. The molecule has 27 heavy (non-hydrogen) atoms. The summed E-state index contributed by atoms with van der Waals surface area (Å²) in [6, 6.07) is 26.9. The first-order valence-electron chi connectivity index (χ1n) is 8.69. The fraction of sp³-hybridized carbons (Fsp3) is 0.0909. The van der Waals surface area contributed by atoms with Crippen molar-refractivity contribution in [1.29, 1.82) is 0 Å². The lowest BCUT2D eigenvalue weighted by Gasteiger charge is -2.32. The maximum atomic E-state index is 13.5. The largest absolute Gasteiger partial charge is 0.323 e. The van der Waals surface area contributed by atoms with Crippen molar-refractivity contribution >= 4 is 35.0 Å². The van der Waals surface area contributed by atoms with E-state index >= 15 is 0 Å². The van der Waals surface area contributed by atoms with E-state index in [1.807, 2.05) is 84.9 Å². The number of nitrogens with one attached hydrogen (secondary N) is 1. The predicted octanol–water partition coefficient (Wildman–Crippen LogP) is 4.51. The van der Waals surface area contributed by atoms with Crippen molar-refractivity contribution < 1.29 is 9.59 Å². The molecular formula is C22H18N2O2S. The minimum atomic E-state index is -0.437. The number of fused-ring (bicyclic) bond motifs is 1. The number of rotatable bonds is 4. The lowest BCUT2D eigenvalue weighted by atomic mass is 10.1. The first kappa shape index (κ1) is 17.4. The number of hydrogen-bond donors (Lipinski definition) is 1. The van der Waals surface area contributed by atoms with Crippen LogP contribution < -0.4 is 10.2 Å². The van der Waals surface area contributed by atoms with Gasteiger partial charge in [0.05, 0.1) is 11.4 Å². The molecule has 1 aliphatic rings. The van der Waals surface area contributed by atoms with Crippen LogP contribution in [0, 0.1) is 0 Å². The number of nitrogens with zero attached hydrogens (tertiary/aromatic N) is 1. The third kappa shape index (κ3) is 3.73. The van der Waals surface area contributed by atoms with Crippen LogP contribution in [0.25, 0.3) is 0 Å². The fourth-order valence-corrected chi connectivity index (χ4v) is 4.20. The van der Waals surface area contributed by atoms with Crippen LogP contribution in [0.4, 0.5) is 11.4 Å². The molecule has 4 nitrogen and oxygen atoms in total. The van der Waals surface area contributed by atoms with E-state index in [1.54, 1.807) is 4.90 Å². The molecule has 1 aliphatic heterocycles. The van der Waals surface area contributed by atoms with E-state index in [0.29, 0.717) is 5.69 Å². The number of benzene rings is 3. The van der Waals surface area contributed by atoms with E-state index in [2.05, 4.69) is 5.32 Å². The molecule has 0 spiro atoms. The van der Waals surface area contributed by atoms with Gasteiger partial charge in [0.15, 0.2) is 0 Å². The summed E-state index contributed by atoms with van der Waals surface area (Å²) in [5.41, 5.74) is 2.31. The number of carbonyl (C=O) groups excluding carboxylic acids is 2. The zero-order valence-electron chi connectivity index (χ0n) is 14.5. The molecule has 134 valence electrons. The molecule has 0 saturated heterocycles. The quantitative estimate of drug-likeness (QED) is 0.684. The molecule has 2 amide bonds. The first-order chi connectivity index (χ1) is 13.2. The smallest absolute Gasteiger partial charge is 0.245 e. The summed E-state index contributed by atoms with van der Waals surface area (Å²) in [4.78, 5) is 28.3. The molecule has 0 fully saturated rings. The Balaban J connectivity index is 1.72. The molecule has 0 aromatic heterocycles. The Morgan fingerprint density at radius 1 is 0.889 bits per heavy atom. The van der Waals surface area contributed by atoms with Crippen molar-refractivity contribution in [2.24, 2.45) is 0 Å². The second kappa shape index (κ2) is 7.68. The van der Waals surface area contributed by atoms with Crippen LogP contribution in [0.5, 0.6) is 0 Å². The molecule has 0 unspecified atom stereocenters. The maximum absolute atomic E-state index is 13.5. The van der Waals surface area contributed by atoms with Gasteiger partial charge in [-0.05, 0) is 29.8 Å². The van der Waals surface area contributed by atoms with Crippen LogP contribution in [-0.4, -0.2) is 18.4 Å². The van der Waals surface area contributed by atoms with Gasteiger partial charge in [0.25, 0.3) is 0 Å². The Labute approximate surface area is 162 Å². The number of para-hydroxylation sites is 2. The highest BCUT2D eigenvalue weighted by atomic mass is 32.2. The fourth-order valence-electron chi connectivity index (χ4n) is 3.10. The summed E-state index contributed by atoms with van der Waals surface area (Å²) in [6.07, 6.45) is 0. The van der Waals surface area contributed by atoms with Crippen LogP contribution >= 0.6 is 11.8 Å². The van der Waals surface area contributed by atoms with Gasteiger partial charge in [-0.1, -0.05) is 60.7 Å². The molecule has 4 rings (SSSR count). The minimum absolute atomic E-state index is 0.0224. The van der Waals surface area contributed by atoms with Gasteiger partial charge in [-0.25, -0.2) is 0 Å². The molecule has 1 atom stereocenters. The summed E-state index contributed by atoms with van der Waals surface area (Å²) in [6.45, 7) is 0.0224. The van der Waals surface area contributed by atoms with Crippen molar-refractivity contribution in [2.75, 3.05) is 16.8 Å². The normalized spacial score (nSPS) is 14.2. The van der Waals surface area contributed by atoms with E-state index in [1.165, 1.54) is 11.8 Å². The number of thioether (sulfide) groups is 1. The van der Waals surface area contributed by atoms with Gasteiger partial charge in [0.1, 0.15) is 11.8 Å². The predicted molar refractivity (Wildman–Crippen MR) is 109 cm³/mol. The summed E-state index contributed by atoms with van der Waals surface area (Å²) in [7, 11) is 0.